The van der Waals surface area contributed by atoms with E-state index in [2.05, 4.69) is 4.40 Å². The number of nitrogens with zero attached hydrogens (tertiary/aromatic N) is 1. The molecule has 0 radical (unpaired) electrons. The molecule has 6 heteroatoms. The molecule has 4 nitrogen and oxygen atoms in total. The Labute approximate surface area is 157 Å². The minimum absolute atomic E-state index is 0.00569. The van der Waals surface area contributed by atoms with Crippen molar-refractivity contribution in [2.24, 2.45) is 4.40 Å². The lowest BCUT2D eigenvalue weighted by molar-refractivity contribution is 0.550. The molecule has 26 heavy (non-hydrogen) atoms. The number of halogens is 1. The van der Waals surface area contributed by atoms with Gasteiger partial charge in [0, 0.05) is 10.6 Å². The smallest absolute Gasteiger partial charge is 0.285 e. The summed E-state index contributed by atoms with van der Waals surface area (Å²) in [5, 5.41) is 0.451. The van der Waals surface area contributed by atoms with Crippen LogP contribution in [0.3, 0.4) is 0 Å². The molecule has 0 aliphatic heterocycles. The van der Waals surface area contributed by atoms with Crippen LogP contribution in [-0.4, -0.2) is 14.3 Å². The lowest BCUT2D eigenvalue weighted by atomic mass is 10.2. The van der Waals surface area contributed by atoms with Gasteiger partial charge >= 0.3 is 0 Å². The molecule has 3 rings (SSSR count). The maximum absolute atomic E-state index is 12.7. The summed E-state index contributed by atoms with van der Waals surface area (Å²) in [6, 6.07) is 22.1. The quantitative estimate of drug-likeness (QED) is 0.476. The van der Waals surface area contributed by atoms with Crippen LogP contribution in [0.15, 0.2) is 88.2 Å². The third-order valence-electron chi connectivity index (χ3n) is 3.54. The Bertz CT molecular complexity index is 1030. The number of sulfonamides is 1. The van der Waals surface area contributed by atoms with Gasteiger partial charge in [-0.2, -0.15) is 8.42 Å². The highest BCUT2D eigenvalue weighted by Crippen LogP contribution is 2.20. The van der Waals surface area contributed by atoms with Crippen molar-refractivity contribution in [2.45, 2.75) is 11.8 Å². The molecule has 3 aromatic carbocycles. The first-order valence-corrected chi connectivity index (χ1v) is 9.66. The standard InChI is InChI=1S/C20H16ClNO3S/c1-15-6-5-9-18(14-15)25-20(16-7-3-2-4-8-16)22-26(23,24)19-12-10-17(21)11-13-19/h2-14H,1H3. The first kappa shape index (κ1) is 18.2. The molecule has 0 spiro atoms. The monoisotopic (exact) mass is 385 g/mol. The highest BCUT2D eigenvalue weighted by molar-refractivity contribution is 7.90. The van der Waals surface area contributed by atoms with E-state index < -0.39 is 10.0 Å². The Balaban J connectivity index is 2.05. The average Bonchev–Trinajstić information content (AvgIpc) is 2.62. The Morgan fingerprint density at radius 1 is 0.923 bits per heavy atom. The first-order chi connectivity index (χ1) is 12.4. The van der Waals surface area contributed by atoms with Crippen molar-refractivity contribution in [1.29, 1.82) is 0 Å². The van der Waals surface area contributed by atoms with E-state index >= 15 is 0 Å². The van der Waals surface area contributed by atoms with Gasteiger partial charge in [0.15, 0.2) is 0 Å². The zero-order chi connectivity index (χ0) is 18.6. The van der Waals surface area contributed by atoms with Crippen molar-refractivity contribution >= 4 is 27.5 Å². The lowest BCUT2D eigenvalue weighted by Gasteiger charge is -2.10. The SMILES string of the molecule is Cc1cccc(OC(=NS(=O)(=O)c2ccc(Cl)cc2)c2ccccc2)c1. The topological polar surface area (TPSA) is 55.7 Å². The van der Waals surface area contributed by atoms with E-state index in [0.29, 0.717) is 16.3 Å². The van der Waals surface area contributed by atoms with Crippen molar-refractivity contribution in [3.63, 3.8) is 0 Å². The third-order valence-corrected chi connectivity index (χ3v) is 5.07. The Hall–Kier alpha value is -2.63. The second-order valence-electron chi connectivity index (χ2n) is 5.61. The fourth-order valence-electron chi connectivity index (χ4n) is 2.27. The summed E-state index contributed by atoms with van der Waals surface area (Å²) in [6.07, 6.45) is 0. The van der Waals surface area contributed by atoms with E-state index in [4.69, 9.17) is 16.3 Å². The van der Waals surface area contributed by atoms with Gasteiger partial charge in [-0.15, -0.1) is 4.40 Å². The second kappa shape index (κ2) is 7.72. The molecule has 0 bridgehead atoms. The number of hydrogen-bond donors (Lipinski definition) is 0. The predicted molar refractivity (Wildman–Crippen MR) is 103 cm³/mol. The number of aryl methyl sites for hydroxylation is 1. The van der Waals surface area contributed by atoms with E-state index in [1.54, 1.807) is 30.3 Å². The van der Waals surface area contributed by atoms with Gasteiger partial charge in [-0.1, -0.05) is 41.9 Å². The first-order valence-electron chi connectivity index (χ1n) is 7.84. The Morgan fingerprint density at radius 2 is 1.62 bits per heavy atom. The number of rotatable bonds is 4. The molecule has 0 saturated heterocycles. The highest BCUT2D eigenvalue weighted by atomic mass is 35.5. The summed E-state index contributed by atoms with van der Waals surface area (Å²) in [4.78, 5) is 0.0446. The summed E-state index contributed by atoms with van der Waals surface area (Å²) in [5.74, 6) is 0.519. The molecule has 0 heterocycles. The van der Waals surface area contributed by atoms with Crippen LogP contribution in [0, 0.1) is 6.92 Å². The van der Waals surface area contributed by atoms with Crippen LogP contribution in [0.25, 0.3) is 0 Å². The summed E-state index contributed by atoms with van der Waals surface area (Å²) in [7, 11) is -3.95. The maximum atomic E-state index is 12.7. The molecule has 3 aromatic rings. The Morgan fingerprint density at radius 3 is 2.27 bits per heavy atom. The molecule has 0 saturated carbocycles. The molecule has 132 valence electrons. The van der Waals surface area contributed by atoms with Crippen molar-refractivity contribution in [3.8, 4) is 5.75 Å². The van der Waals surface area contributed by atoms with Gasteiger partial charge in [0.1, 0.15) is 5.75 Å². The molecule has 0 N–H and O–H groups in total. The van der Waals surface area contributed by atoms with Crippen molar-refractivity contribution in [1.82, 2.24) is 0 Å². The fourth-order valence-corrected chi connectivity index (χ4v) is 3.34. The number of hydrogen-bond acceptors (Lipinski definition) is 3. The van der Waals surface area contributed by atoms with Crippen LogP contribution >= 0.6 is 11.6 Å². The largest absolute Gasteiger partial charge is 0.438 e. The highest BCUT2D eigenvalue weighted by Gasteiger charge is 2.17. The number of ether oxygens (including phenoxy) is 1. The molecule has 0 aromatic heterocycles. The van der Waals surface area contributed by atoms with Crippen LogP contribution in [0.4, 0.5) is 0 Å². The van der Waals surface area contributed by atoms with Crippen LogP contribution in [0.5, 0.6) is 5.75 Å². The minimum atomic E-state index is -3.95. The second-order valence-corrected chi connectivity index (χ2v) is 7.65. The Kier molecular flexibility index (Phi) is 5.40. The lowest BCUT2D eigenvalue weighted by Crippen LogP contribution is -2.13. The van der Waals surface area contributed by atoms with E-state index in [9.17, 15) is 8.42 Å². The van der Waals surface area contributed by atoms with E-state index in [-0.39, 0.29) is 10.8 Å². The summed E-state index contributed by atoms with van der Waals surface area (Å²) < 4.78 is 35.1. The van der Waals surface area contributed by atoms with E-state index in [1.807, 2.05) is 31.2 Å². The average molecular weight is 386 g/mol. The zero-order valence-corrected chi connectivity index (χ0v) is 15.5. The summed E-state index contributed by atoms with van der Waals surface area (Å²) in [6.45, 7) is 1.93. The van der Waals surface area contributed by atoms with Crippen molar-refractivity contribution in [3.05, 3.63) is 95.0 Å². The van der Waals surface area contributed by atoms with Gasteiger partial charge in [0.05, 0.1) is 4.90 Å². The molecule has 0 unspecified atom stereocenters. The van der Waals surface area contributed by atoms with Crippen LogP contribution in [-0.2, 0) is 10.0 Å². The predicted octanol–water partition coefficient (Wildman–Crippen LogP) is 4.86. The minimum Gasteiger partial charge on any atom is -0.438 e. The van der Waals surface area contributed by atoms with Gasteiger partial charge in [-0.05, 0) is 61.0 Å². The van der Waals surface area contributed by atoms with Crippen molar-refractivity contribution < 1.29 is 13.2 Å². The fraction of sp³-hybridized carbons (Fsp3) is 0.0500. The van der Waals surface area contributed by atoms with Gasteiger partial charge in [-0.25, -0.2) is 0 Å². The maximum Gasteiger partial charge on any atom is 0.285 e. The molecular formula is C20H16ClNO3S. The third kappa shape index (κ3) is 4.50. The molecular weight excluding hydrogens is 370 g/mol. The van der Waals surface area contributed by atoms with Crippen molar-refractivity contribution in [2.75, 3.05) is 0 Å². The summed E-state index contributed by atoms with van der Waals surface area (Å²) >= 11 is 5.83. The normalized spacial score (nSPS) is 12.0. The van der Waals surface area contributed by atoms with Gasteiger partial charge in [-0.3, -0.25) is 0 Å². The van der Waals surface area contributed by atoms with Gasteiger partial charge < -0.3 is 4.74 Å². The van der Waals surface area contributed by atoms with Crippen LogP contribution in [0.2, 0.25) is 5.02 Å². The van der Waals surface area contributed by atoms with Gasteiger partial charge in [0.25, 0.3) is 10.0 Å². The van der Waals surface area contributed by atoms with E-state index in [0.717, 1.165) is 5.56 Å². The zero-order valence-electron chi connectivity index (χ0n) is 14.0. The summed E-state index contributed by atoms with van der Waals surface area (Å²) in [5.41, 5.74) is 1.56. The molecule has 0 atom stereocenters. The molecule has 0 fully saturated rings. The van der Waals surface area contributed by atoms with Crippen LogP contribution in [0.1, 0.15) is 11.1 Å². The number of benzene rings is 3. The molecule has 0 amide bonds. The van der Waals surface area contributed by atoms with Crippen LogP contribution < -0.4 is 4.74 Å². The van der Waals surface area contributed by atoms with Gasteiger partial charge in [0.2, 0.25) is 5.90 Å². The van der Waals surface area contributed by atoms with E-state index in [1.165, 1.54) is 24.3 Å². The molecule has 0 aliphatic rings. The molecule has 0 aliphatic carbocycles.